The Balaban J connectivity index is 0.949. The van der Waals surface area contributed by atoms with Gasteiger partial charge in [-0.2, -0.15) is 0 Å². The van der Waals surface area contributed by atoms with E-state index in [1.807, 2.05) is 11.3 Å². The maximum absolute atomic E-state index is 2.49. The number of rotatable bonds is 6. The number of anilines is 3. The molecule has 0 amide bonds. The summed E-state index contributed by atoms with van der Waals surface area (Å²) in [6.07, 6.45) is 8.61. The molecule has 4 saturated carbocycles. The van der Waals surface area contributed by atoms with E-state index < -0.39 is 0 Å². The molecule has 0 aliphatic heterocycles. The van der Waals surface area contributed by atoms with Gasteiger partial charge in [0.2, 0.25) is 0 Å². The summed E-state index contributed by atoms with van der Waals surface area (Å²) < 4.78 is 5.06. The SMILES string of the molecule is c1ccc(-n2c3ccccc3c3cc(-c4ccc(N(c5ccc(C67CC8CC(CC(C8)C6)C7)cc5)c5ccc6sc7ccccc7c6c5)cc4)ccc32)cc1. The topological polar surface area (TPSA) is 8.17 Å². The van der Waals surface area contributed by atoms with Gasteiger partial charge < -0.3 is 9.47 Å². The van der Waals surface area contributed by atoms with E-state index in [1.54, 1.807) is 5.56 Å². The smallest absolute Gasteiger partial charge is 0.0541 e. The highest BCUT2D eigenvalue weighted by atomic mass is 32.1. The van der Waals surface area contributed by atoms with Crippen molar-refractivity contribution < 1.29 is 0 Å². The van der Waals surface area contributed by atoms with Crippen LogP contribution in [0.25, 0.3) is 58.8 Å². The highest BCUT2D eigenvalue weighted by Crippen LogP contribution is 2.61. The average Bonchev–Trinajstić information content (AvgIpc) is 3.76. The molecule has 0 saturated heterocycles. The summed E-state index contributed by atoms with van der Waals surface area (Å²) >= 11 is 1.88. The molecule has 0 unspecified atom stereocenters. The summed E-state index contributed by atoms with van der Waals surface area (Å²) in [5.74, 6) is 2.82. The fraction of sp³-hybridized carbons (Fsp3) is 0.192. The molecule has 266 valence electrons. The van der Waals surface area contributed by atoms with Crippen molar-refractivity contribution in [3.63, 3.8) is 0 Å². The molecule has 13 rings (SSSR count). The number of fused-ring (bicyclic) bond motifs is 6. The number of para-hydroxylation sites is 2. The molecule has 4 aliphatic carbocycles. The van der Waals surface area contributed by atoms with Gasteiger partial charge in [0.15, 0.2) is 0 Å². The van der Waals surface area contributed by atoms with E-state index in [2.05, 4.69) is 173 Å². The number of hydrogen-bond acceptors (Lipinski definition) is 2. The summed E-state index contributed by atoms with van der Waals surface area (Å²) in [5.41, 5.74) is 11.7. The van der Waals surface area contributed by atoms with Gasteiger partial charge in [0.25, 0.3) is 0 Å². The van der Waals surface area contributed by atoms with Crippen LogP contribution in [0.1, 0.15) is 44.1 Å². The summed E-state index contributed by atoms with van der Waals surface area (Å²) in [7, 11) is 0. The minimum Gasteiger partial charge on any atom is -0.310 e. The maximum atomic E-state index is 2.49. The van der Waals surface area contributed by atoms with E-state index in [1.165, 1.54) is 114 Å². The van der Waals surface area contributed by atoms with Crippen LogP contribution in [0.3, 0.4) is 0 Å². The Bertz CT molecular complexity index is 2860. The molecule has 2 aromatic heterocycles. The molecular weight excluding hydrogens is 685 g/mol. The third-order valence-corrected chi connectivity index (χ3v) is 14.7. The maximum Gasteiger partial charge on any atom is 0.0541 e. The van der Waals surface area contributed by atoms with Crippen LogP contribution in [0, 0.1) is 17.8 Å². The summed E-state index contributed by atoms with van der Waals surface area (Å²) in [5, 5.41) is 5.21. The van der Waals surface area contributed by atoms with E-state index >= 15 is 0 Å². The van der Waals surface area contributed by atoms with Gasteiger partial charge in [-0.25, -0.2) is 0 Å². The summed E-state index contributed by atoms with van der Waals surface area (Å²) in [6.45, 7) is 0. The molecule has 2 heterocycles. The molecule has 0 N–H and O–H groups in total. The largest absolute Gasteiger partial charge is 0.310 e. The van der Waals surface area contributed by atoms with Crippen LogP contribution in [0.5, 0.6) is 0 Å². The lowest BCUT2D eigenvalue weighted by Crippen LogP contribution is -2.48. The Hall–Kier alpha value is -5.64. The van der Waals surface area contributed by atoms with Gasteiger partial charge in [-0.15, -0.1) is 11.3 Å². The Kier molecular flexibility index (Phi) is 7.02. The van der Waals surface area contributed by atoms with Gasteiger partial charge in [0.1, 0.15) is 0 Å². The number of benzene rings is 7. The van der Waals surface area contributed by atoms with E-state index in [4.69, 9.17) is 0 Å². The third-order valence-electron chi connectivity index (χ3n) is 13.5. The quantitative estimate of drug-likeness (QED) is 0.166. The van der Waals surface area contributed by atoms with Crippen molar-refractivity contribution in [1.29, 1.82) is 0 Å². The Labute approximate surface area is 326 Å². The first-order valence-electron chi connectivity index (χ1n) is 20.2. The van der Waals surface area contributed by atoms with Crippen LogP contribution in [0.15, 0.2) is 164 Å². The fourth-order valence-electron chi connectivity index (χ4n) is 11.5. The van der Waals surface area contributed by atoms with Crippen molar-refractivity contribution in [2.24, 2.45) is 17.8 Å². The van der Waals surface area contributed by atoms with Crippen LogP contribution in [0.2, 0.25) is 0 Å². The molecule has 7 aromatic carbocycles. The lowest BCUT2D eigenvalue weighted by atomic mass is 9.48. The molecule has 9 aromatic rings. The zero-order chi connectivity index (χ0) is 36.1. The van der Waals surface area contributed by atoms with Gasteiger partial charge in [0.05, 0.1) is 11.0 Å². The molecule has 55 heavy (non-hydrogen) atoms. The first-order valence-corrected chi connectivity index (χ1v) is 21.0. The molecule has 4 aliphatic rings. The average molecular weight is 727 g/mol. The number of aromatic nitrogens is 1. The molecule has 0 radical (unpaired) electrons. The molecule has 4 fully saturated rings. The molecular formula is C52H42N2S. The van der Waals surface area contributed by atoms with Gasteiger partial charge in [-0.05, 0) is 157 Å². The Morgan fingerprint density at radius 3 is 1.78 bits per heavy atom. The molecule has 3 heteroatoms. The van der Waals surface area contributed by atoms with Gasteiger partial charge >= 0.3 is 0 Å². The summed E-state index contributed by atoms with van der Waals surface area (Å²) in [4.78, 5) is 2.47. The number of thiophene rings is 1. The lowest BCUT2D eigenvalue weighted by Gasteiger charge is -2.57. The monoisotopic (exact) mass is 726 g/mol. The molecule has 0 spiro atoms. The number of hydrogen-bond donors (Lipinski definition) is 0. The second-order valence-corrected chi connectivity index (χ2v) is 17.9. The van der Waals surface area contributed by atoms with Crippen LogP contribution in [-0.2, 0) is 5.41 Å². The molecule has 4 bridgehead atoms. The zero-order valence-corrected chi connectivity index (χ0v) is 31.7. The van der Waals surface area contributed by atoms with E-state index in [0.29, 0.717) is 5.41 Å². The van der Waals surface area contributed by atoms with E-state index in [9.17, 15) is 0 Å². The predicted octanol–water partition coefficient (Wildman–Crippen LogP) is 14.8. The van der Waals surface area contributed by atoms with Crippen molar-refractivity contribution in [2.75, 3.05) is 4.90 Å². The van der Waals surface area contributed by atoms with Crippen molar-refractivity contribution in [3.8, 4) is 16.8 Å². The highest BCUT2D eigenvalue weighted by Gasteiger charge is 2.51. The van der Waals surface area contributed by atoms with Crippen molar-refractivity contribution in [1.82, 2.24) is 4.57 Å². The molecule has 0 atom stereocenters. The third kappa shape index (κ3) is 5.06. The van der Waals surface area contributed by atoms with Crippen LogP contribution in [0.4, 0.5) is 17.1 Å². The van der Waals surface area contributed by atoms with Gasteiger partial charge in [0, 0.05) is 53.7 Å². The zero-order valence-electron chi connectivity index (χ0n) is 30.9. The fourth-order valence-corrected chi connectivity index (χ4v) is 12.6. The van der Waals surface area contributed by atoms with Crippen LogP contribution < -0.4 is 4.90 Å². The highest BCUT2D eigenvalue weighted by molar-refractivity contribution is 7.25. The van der Waals surface area contributed by atoms with Gasteiger partial charge in [-0.3, -0.25) is 0 Å². The van der Waals surface area contributed by atoms with Crippen molar-refractivity contribution in [2.45, 2.75) is 43.9 Å². The standard InChI is InChI=1S/C52H42N2S/c1-2-8-40(9-3-1)54-48-12-6-4-10-44(48)46-29-38(16-24-49(46)54)37-14-19-41(20-15-37)53(43-23-25-51-47(30-43)45-11-5-7-13-50(45)55-51)42-21-17-39(18-22-42)52-31-34-26-35(32-52)28-36(27-34)33-52/h1-25,29-30,34-36H,26-28,31-33H2. The number of nitrogens with zero attached hydrogens (tertiary/aromatic N) is 2. The lowest BCUT2D eigenvalue weighted by molar-refractivity contribution is -0.00518. The normalized spacial score (nSPS) is 21.6. The predicted molar refractivity (Wildman–Crippen MR) is 234 cm³/mol. The minimum atomic E-state index is 0.392. The van der Waals surface area contributed by atoms with Gasteiger partial charge in [-0.1, -0.05) is 84.9 Å². The first kappa shape index (κ1) is 31.7. The second-order valence-electron chi connectivity index (χ2n) is 16.8. The van der Waals surface area contributed by atoms with E-state index in [0.717, 1.165) is 17.8 Å². The Morgan fingerprint density at radius 2 is 1.04 bits per heavy atom. The minimum absolute atomic E-state index is 0.392. The summed E-state index contributed by atoms with van der Waals surface area (Å²) in [6, 6.07) is 61.4. The van der Waals surface area contributed by atoms with Crippen molar-refractivity contribution in [3.05, 3.63) is 169 Å². The van der Waals surface area contributed by atoms with Crippen molar-refractivity contribution >= 4 is 70.4 Å². The van der Waals surface area contributed by atoms with Crippen LogP contribution in [-0.4, -0.2) is 4.57 Å². The first-order chi connectivity index (χ1) is 27.2. The van der Waals surface area contributed by atoms with Crippen LogP contribution >= 0.6 is 11.3 Å². The molecule has 2 nitrogen and oxygen atoms in total. The Morgan fingerprint density at radius 1 is 0.455 bits per heavy atom. The second kappa shape index (κ2) is 12.2. The van der Waals surface area contributed by atoms with E-state index in [-0.39, 0.29) is 0 Å².